The summed E-state index contributed by atoms with van der Waals surface area (Å²) in [5.74, 6) is -1.33. The number of amides is 1. The molecule has 19 heavy (non-hydrogen) atoms. The van der Waals surface area contributed by atoms with Crippen molar-refractivity contribution in [3.63, 3.8) is 0 Å². The molecule has 0 spiro atoms. The van der Waals surface area contributed by atoms with Crippen LogP contribution in [-0.4, -0.2) is 22.1 Å². The molecule has 1 aromatic heterocycles. The summed E-state index contributed by atoms with van der Waals surface area (Å²) in [6.07, 6.45) is 0. The van der Waals surface area contributed by atoms with Gasteiger partial charge in [0.1, 0.15) is 4.88 Å². The number of carbonyl (C=O) groups excluding carboxylic acids is 1. The van der Waals surface area contributed by atoms with Gasteiger partial charge in [-0.2, -0.15) is 0 Å². The summed E-state index contributed by atoms with van der Waals surface area (Å²) in [6.45, 7) is -0.0746. The summed E-state index contributed by atoms with van der Waals surface area (Å²) < 4.78 is 0. The molecule has 0 saturated heterocycles. The number of aliphatic hydroxyl groups excluding tert-OH is 1. The largest absolute Gasteiger partial charge is 0.477 e. The van der Waals surface area contributed by atoms with Crippen LogP contribution in [0.3, 0.4) is 0 Å². The van der Waals surface area contributed by atoms with Gasteiger partial charge in [0.25, 0.3) is 5.91 Å². The van der Waals surface area contributed by atoms with E-state index < -0.39 is 5.97 Å². The summed E-state index contributed by atoms with van der Waals surface area (Å²) in [4.78, 5) is 22.8. The molecule has 2 rings (SSSR count). The first-order valence-corrected chi connectivity index (χ1v) is 6.26. The topological polar surface area (TPSA) is 86.6 Å². The molecule has 5 nitrogen and oxygen atoms in total. The predicted molar refractivity (Wildman–Crippen MR) is 71.6 cm³/mol. The van der Waals surface area contributed by atoms with E-state index in [1.807, 2.05) is 0 Å². The van der Waals surface area contributed by atoms with Gasteiger partial charge in [-0.3, -0.25) is 4.79 Å². The summed E-state index contributed by atoms with van der Waals surface area (Å²) in [6, 6.07) is 9.52. The molecule has 0 fully saturated rings. The van der Waals surface area contributed by atoms with Crippen molar-refractivity contribution < 1.29 is 19.8 Å². The minimum absolute atomic E-state index is 0.0746. The number of aliphatic hydroxyl groups is 1. The number of benzene rings is 1. The number of rotatable bonds is 4. The lowest BCUT2D eigenvalue weighted by Crippen LogP contribution is -2.10. The van der Waals surface area contributed by atoms with Crippen molar-refractivity contribution in [3.05, 3.63) is 52.4 Å². The van der Waals surface area contributed by atoms with Crippen molar-refractivity contribution >= 4 is 28.2 Å². The second-order valence-electron chi connectivity index (χ2n) is 3.78. The van der Waals surface area contributed by atoms with Crippen molar-refractivity contribution in [3.8, 4) is 0 Å². The molecule has 0 saturated carbocycles. The number of aromatic carboxylic acids is 1. The van der Waals surface area contributed by atoms with E-state index in [2.05, 4.69) is 5.32 Å². The molecule has 0 aliphatic carbocycles. The minimum Gasteiger partial charge on any atom is -0.477 e. The summed E-state index contributed by atoms with van der Waals surface area (Å²) in [5, 5.41) is 20.8. The molecule has 0 unspecified atom stereocenters. The first-order valence-electron chi connectivity index (χ1n) is 5.44. The number of hydrogen-bond donors (Lipinski definition) is 3. The van der Waals surface area contributed by atoms with Crippen LogP contribution in [-0.2, 0) is 6.61 Å². The van der Waals surface area contributed by atoms with E-state index in [1.165, 1.54) is 6.07 Å². The van der Waals surface area contributed by atoms with Gasteiger partial charge in [0.15, 0.2) is 0 Å². The highest BCUT2D eigenvalue weighted by Gasteiger charge is 2.10. The van der Waals surface area contributed by atoms with Gasteiger partial charge in [-0.1, -0.05) is 12.1 Å². The maximum absolute atomic E-state index is 11.9. The van der Waals surface area contributed by atoms with Gasteiger partial charge in [-0.25, -0.2) is 4.79 Å². The molecule has 2 aromatic rings. The predicted octanol–water partition coefficient (Wildman–Crippen LogP) is 2.19. The quantitative estimate of drug-likeness (QED) is 0.799. The standard InChI is InChI=1S/C13H11NO4S/c15-7-8-1-3-9(4-2-8)12(16)14-11-6-5-10(19-11)13(17)18/h1-6,15H,7H2,(H,14,16)(H,17,18). The fraction of sp³-hybridized carbons (Fsp3) is 0.0769. The number of anilines is 1. The van der Waals surface area contributed by atoms with Gasteiger partial charge in [-0.15, -0.1) is 11.3 Å². The second kappa shape index (κ2) is 5.64. The molecule has 98 valence electrons. The number of nitrogens with one attached hydrogen (secondary N) is 1. The zero-order valence-electron chi connectivity index (χ0n) is 9.79. The molecule has 1 amide bonds. The summed E-state index contributed by atoms with van der Waals surface area (Å²) in [7, 11) is 0. The van der Waals surface area contributed by atoms with Crippen LogP contribution in [0.15, 0.2) is 36.4 Å². The van der Waals surface area contributed by atoms with E-state index in [9.17, 15) is 9.59 Å². The Morgan fingerprint density at radius 1 is 1.11 bits per heavy atom. The molecule has 0 aliphatic heterocycles. The van der Waals surface area contributed by atoms with Crippen LogP contribution < -0.4 is 5.32 Å². The van der Waals surface area contributed by atoms with Crippen LogP contribution in [0, 0.1) is 0 Å². The smallest absolute Gasteiger partial charge is 0.345 e. The summed E-state index contributed by atoms with van der Waals surface area (Å²) >= 11 is 1.00. The number of hydrogen-bond acceptors (Lipinski definition) is 4. The van der Waals surface area contributed by atoms with Gasteiger partial charge in [-0.05, 0) is 29.8 Å². The molecule has 0 atom stereocenters. The number of thiophene rings is 1. The van der Waals surface area contributed by atoms with Gasteiger partial charge < -0.3 is 15.5 Å². The fourth-order valence-electron chi connectivity index (χ4n) is 1.47. The van der Waals surface area contributed by atoms with Crippen LogP contribution in [0.5, 0.6) is 0 Å². The Hall–Kier alpha value is -2.18. The highest BCUT2D eigenvalue weighted by atomic mass is 32.1. The SMILES string of the molecule is O=C(Nc1ccc(C(=O)O)s1)c1ccc(CO)cc1. The zero-order chi connectivity index (χ0) is 13.8. The normalized spacial score (nSPS) is 10.2. The maximum atomic E-state index is 11.9. The Morgan fingerprint density at radius 2 is 1.79 bits per heavy atom. The summed E-state index contributed by atoms with van der Waals surface area (Å²) in [5.41, 5.74) is 1.17. The van der Waals surface area contributed by atoms with E-state index in [-0.39, 0.29) is 17.4 Å². The Morgan fingerprint density at radius 3 is 2.32 bits per heavy atom. The van der Waals surface area contributed by atoms with Gasteiger partial charge in [0, 0.05) is 5.56 Å². The Kier molecular flexibility index (Phi) is 3.94. The van der Waals surface area contributed by atoms with Crippen molar-refractivity contribution in [2.75, 3.05) is 5.32 Å². The van der Waals surface area contributed by atoms with Crippen LogP contribution in [0.25, 0.3) is 0 Å². The highest BCUT2D eigenvalue weighted by molar-refractivity contribution is 7.18. The lowest BCUT2D eigenvalue weighted by Gasteiger charge is -2.03. The van der Waals surface area contributed by atoms with E-state index in [1.54, 1.807) is 30.3 Å². The Labute approximate surface area is 113 Å². The molecule has 6 heteroatoms. The lowest BCUT2D eigenvalue weighted by molar-refractivity contribution is 0.0702. The van der Waals surface area contributed by atoms with E-state index in [0.717, 1.165) is 16.9 Å². The maximum Gasteiger partial charge on any atom is 0.345 e. The van der Waals surface area contributed by atoms with Crippen LogP contribution in [0.1, 0.15) is 25.6 Å². The first kappa shape index (κ1) is 13.3. The van der Waals surface area contributed by atoms with E-state index in [0.29, 0.717) is 10.6 Å². The molecular formula is C13H11NO4S. The van der Waals surface area contributed by atoms with Crippen LogP contribution >= 0.6 is 11.3 Å². The Bertz CT molecular complexity index is 603. The molecule has 0 radical (unpaired) electrons. The third-order valence-corrected chi connectivity index (χ3v) is 3.44. The van der Waals surface area contributed by atoms with Gasteiger partial charge >= 0.3 is 5.97 Å². The highest BCUT2D eigenvalue weighted by Crippen LogP contribution is 2.22. The monoisotopic (exact) mass is 277 g/mol. The third kappa shape index (κ3) is 3.18. The van der Waals surface area contributed by atoms with Gasteiger partial charge in [0.2, 0.25) is 0 Å². The van der Waals surface area contributed by atoms with E-state index in [4.69, 9.17) is 10.2 Å². The molecule has 0 bridgehead atoms. The number of carboxylic acid groups (broad SMARTS) is 1. The molecule has 3 N–H and O–H groups in total. The Balaban J connectivity index is 2.08. The number of carbonyl (C=O) groups is 2. The average Bonchev–Trinajstić information content (AvgIpc) is 2.87. The van der Waals surface area contributed by atoms with Crippen LogP contribution in [0.4, 0.5) is 5.00 Å². The van der Waals surface area contributed by atoms with Crippen molar-refractivity contribution in [1.82, 2.24) is 0 Å². The molecular weight excluding hydrogens is 266 g/mol. The third-order valence-electron chi connectivity index (χ3n) is 2.45. The minimum atomic E-state index is -1.02. The first-order chi connectivity index (χ1) is 9.10. The van der Waals surface area contributed by atoms with Crippen molar-refractivity contribution in [1.29, 1.82) is 0 Å². The van der Waals surface area contributed by atoms with Gasteiger partial charge in [0.05, 0.1) is 11.6 Å². The molecule has 1 heterocycles. The van der Waals surface area contributed by atoms with Crippen molar-refractivity contribution in [2.45, 2.75) is 6.61 Å². The fourth-order valence-corrected chi connectivity index (χ4v) is 2.21. The van der Waals surface area contributed by atoms with Crippen LogP contribution in [0.2, 0.25) is 0 Å². The number of carboxylic acids is 1. The molecule has 1 aromatic carbocycles. The lowest BCUT2D eigenvalue weighted by atomic mass is 10.1. The zero-order valence-corrected chi connectivity index (χ0v) is 10.6. The van der Waals surface area contributed by atoms with E-state index >= 15 is 0 Å². The second-order valence-corrected chi connectivity index (χ2v) is 4.86. The van der Waals surface area contributed by atoms with Crippen molar-refractivity contribution in [2.24, 2.45) is 0 Å². The molecule has 0 aliphatic rings. The average molecular weight is 277 g/mol.